The first-order chi connectivity index (χ1) is 17.4. The maximum atomic E-state index is 12.5. The molecule has 0 spiro atoms. The topological polar surface area (TPSA) is 123 Å². The lowest BCUT2D eigenvalue weighted by Crippen LogP contribution is -2.39. The predicted molar refractivity (Wildman–Crippen MR) is 129 cm³/mol. The van der Waals surface area contributed by atoms with E-state index in [0.29, 0.717) is 25.1 Å². The van der Waals surface area contributed by atoms with E-state index in [-0.39, 0.29) is 12.8 Å². The lowest BCUT2D eigenvalue weighted by molar-refractivity contribution is -0.391. The van der Waals surface area contributed by atoms with Crippen LogP contribution in [0.3, 0.4) is 0 Å². The summed E-state index contributed by atoms with van der Waals surface area (Å²) >= 11 is 0. The highest BCUT2D eigenvalue weighted by Gasteiger charge is 2.42. The summed E-state index contributed by atoms with van der Waals surface area (Å²) in [5.74, 6) is -3.28. The van der Waals surface area contributed by atoms with Gasteiger partial charge < -0.3 is 4.74 Å². The average molecular weight is 542 g/mol. The molecule has 1 atom stereocenters. The normalized spacial score (nSPS) is 13.1. The summed E-state index contributed by atoms with van der Waals surface area (Å²) in [4.78, 5) is 28.5. The molecule has 1 heterocycles. The molecule has 0 saturated heterocycles. The molecule has 3 aromatic rings. The monoisotopic (exact) mass is 541 g/mol. The number of aromatic amines is 2. The zero-order valence-corrected chi connectivity index (χ0v) is 21.1. The first kappa shape index (κ1) is 28.3. The van der Waals surface area contributed by atoms with Crippen molar-refractivity contribution in [1.82, 2.24) is 14.0 Å². The molecule has 13 heteroatoms. The number of carbonyl (C=O) groups excluding carboxylic acids is 2. The number of halogens is 3. The van der Waals surface area contributed by atoms with Gasteiger partial charge in [0.05, 0.1) is 0 Å². The Labute approximate surface area is 212 Å². The largest absolute Gasteiger partial charge is 0.491 e. The van der Waals surface area contributed by atoms with Gasteiger partial charge in [-0.05, 0) is 35.7 Å². The van der Waals surface area contributed by atoms with Crippen molar-refractivity contribution < 1.29 is 40.9 Å². The number of rotatable bonds is 11. The number of alkyl halides is 3. The summed E-state index contributed by atoms with van der Waals surface area (Å²) in [6, 6.07) is 13.2. The van der Waals surface area contributed by atoms with Crippen molar-refractivity contribution in [3.8, 4) is 11.3 Å². The number of imidazole rings is 1. The molecule has 3 rings (SSSR count). The molecule has 2 aromatic carbocycles. The number of hydrogen-bond acceptors (Lipinski definition) is 5. The molecule has 9 nitrogen and oxygen atoms in total. The number of nitrogens with zero attached hydrogens (tertiary/aromatic N) is 1. The fourth-order valence-electron chi connectivity index (χ4n) is 3.62. The lowest BCUT2D eigenvalue weighted by Gasteiger charge is -2.17. The van der Waals surface area contributed by atoms with Crippen LogP contribution in [0.15, 0.2) is 48.7 Å². The first-order valence-corrected chi connectivity index (χ1v) is 12.9. The minimum Gasteiger partial charge on any atom is -0.386 e. The molecule has 37 heavy (non-hydrogen) atoms. The maximum absolute atomic E-state index is 12.5. The third-order valence-corrected chi connectivity index (χ3v) is 7.18. The number of hydrogen-bond donors (Lipinski definition) is 2. The first-order valence-electron chi connectivity index (χ1n) is 11.5. The molecule has 0 aliphatic rings. The highest BCUT2D eigenvalue weighted by molar-refractivity contribution is 7.87. The van der Waals surface area contributed by atoms with Crippen LogP contribution < -0.4 is 9.71 Å². The zero-order valence-electron chi connectivity index (χ0n) is 20.3. The van der Waals surface area contributed by atoms with Gasteiger partial charge in [-0.3, -0.25) is 4.79 Å². The zero-order chi connectivity index (χ0) is 27.2. The van der Waals surface area contributed by atoms with Gasteiger partial charge in [0.15, 0.2) is 5.69 Å². The number of ether oxygens (including phenoxy) is 1. The van der Waals surface area contributed by atoms with E-state index in [9.17, 15) is 31.2 Å². The van der Waals surface area contributed by atoms with Gasteiger partial charge in [0, 0.05) is 26.1 Å². The highest BCUT2D eigenvalue weighted by atomic mass is 32.2. The summed E-state index contributed by atoms with van der Waals surface area (Å²) < 4.78 is 69.0. The van der Waals surface area contributed by atoms with E-state index in [1.807, 2.05) is 42.5 Å². The Morgan fingerprint density at radius 3 is 2.46 bits per heavy atom. The van der Waals surface area contributed by atoms with Crippen LogP contribution in [0.25, 0.3) is 22.0 Å². The van der Waals surface area contributed by atoms with E-state index >= 15 is 0 Å². The molecule has 0 aliphatic heterocycles. The molecule has 0 amide bonds. The number of aromatic nitrogens is 2. The number of unbranched alkanes of at least 4 members (excludes halogenated alkanes) is 2. The summed E-state index contributed by atoms with van der Waals surface area (Å²) in [5.41, 5.74) is 1.66. The molecular formula is C24H28F3N4O5S+. The number of esters is 2. The van der Waals surface area contributed by atoms with Crippen molar-refractivity contribution in [2.24, 2.45) is 0 Å². The molecule has 0 aliphatic carbocycles. The third-order valence-electron chi connectivity index (χ3n) is 5.63. The molecule has 3 N–H and O–H groups in total. The fraction of sp³-hybridized carbons (Fsp3) is 0.375. The number of H-pyrrole nitrogens is 2. The van der Waals surface area contributed by atoms with Crippen LogP contribution in [0, 0.1) is 0 Å². The quantitative estimate of drug-likeness (QED) is 0.218. The Balaban J connectivity index is 1.65. The van der Waals surface area contributed by atoms with Crippen molar-refractivity contribution in [3.63, 3.8) is 0 Å². The van der Waals surface area contributed by atoms with E-state index in [0.717, 1.165) is 26.3 Å². The van der Waals surface area contributed by atoms with Crippen LogP contribution >= 0.6 is 0 Å². The summed E-state index contributed by atoms with van der Waals surface area (Å²) in [5, 5.41) is 2.14. The smallest absolute Gasteiger partial charge is 0.386 e. The van der Waals surface area contributed by atoms with Gasteiger partial charge in [-0.25, -0.2) is 14.8 Å². The number of fused-ring (bicyclic) bond motifs is 1. The number of carbonyl (C=O) groups is 2. The van der Waals surface area contributed by atoms with E-state index in [4.69, 9.17) is 0 Å². The van der Waals surface area contributed by atoms with Gasteiger partial charge in [-0.15, -0.1) is 0 Å². The van der Waals surface area contributed by atoms with Crippen LogP contribution in [0.4, 0.5) is 13.2 Å². The SMILES string of the molecule is CN(C)S(=O)(=O)N[C@@H](CCCCCC(=O)OC(=O)C(F)(F)F)c1[nH]c(-c2ccc3ccccc3c2)c[nH+]1. The van der Waals surface area contributed by atoms with E-state index in [2.05, 4.69) is 19.4 Å². The standard InChI is InChI=1S/C24H27F3N4O5S/c1-31(2)37(34,35)30-19(10-4-3-5-11-21(32)36-23(33)24(25,26)27)22-28-15-20(29-22)18-13-12-16-8-6-7-9-17(16)14-18/h6-9,12-15,19,30H,3-5,10-11H2,1-2H3,(H,28,29)/p+1/t19-/m0/s1. The van der Waals surface area contributed by atoms with Gasteiger partial charge in [-0.1, -0.05) is 43.2 Å². The van der Waals surface area contributed by atoms with E-state index in [1.54, 1.807) is 6.20 Å². The fourth-order valence-corrected chi connectivity index (χ4v) is 4.43. The van der Waals surface area contributed by atoms with Gasteiger partial charge in [0.2, 0.25) is 0 Å². The molecular weight excluding hydrogens is 513 g/mol. The summed E-state index contributed by atoms with van der Waals surface area (Å²) in [6.07, 6.45) is -2.51. The average Bonchev–Trinajstić information content (AvgIpc) is 3.32. The van der Waals surface area contributed by atoms with Crippen LogP contribution in [0.1, 0.15) is 44.0 Å². The highest BCUT2D eigenvalue weighted by Crippen LogP contribution is 2.25. The number of nitrogens with one attached hydrogen (secondary N) is 3. The lowest BCUT2D eigenvalue weighted by atomic mass is 10.1. The van der Waals surface area contributed by atoms with Crippen molar-refractivity contribution in [2.45, 2.75) is 44.3 Å². The Morgan fingerprint density at radius 1 is 1.08 bits per heavy atom. The maximum Gasteiger partial charge on any atom is 0.491 e. The van der Waals surface area contributed by atoms with Crippen molar-refractivity contribution >= 4 is 32.9 Å². The van der Waals surface area contributed by atoms with E-state index < -0.39 is 34.4 Å². The molecule has 0 saturated carbocycles. The second-order valence-corrected chi connectivity index (χ2v) is 10.5. The van der Waals surface area contributed by atoms with Gasteiger partial charge in [0.1, 0.15) is 12.2 Å². The Morgan fingerprint density at radius 2 is 1.78 bits per heavy atom. The van der Waals surface area contributed by atoms with Gasteiger partial charge in [-0.2, -0.15) is 30.6 Å². The molecule has 0 fully saturated rings. The van der Waals surface area contributed by atoms with Gasteiger partial charge >= 0.3 is 18.1 Å². The molecule has 0 bridgehead atoms. The summed E-state index contributed by atoms with van der Waals surface area (Å²) in [7, 11) is -0.998. The molecule has 1 aromatic heterocycles. The second-order valence-electron chi connectivity index (χ2n) is 8.62. The van der Waals surface area contributed by atoms with Crippen molar-refractivity contribution in [1.29, 1.82) is 0 Å². The van der Waals surface area contributed by atoms with Crippen LogP contribution in [-0.2, 0) is 24.5 Å². The minimum atomic E-state index is -5.23. The second kappa shape index (κ2) is 11.8. The Bertz CT molecular complexity index is 1360. The third kappa shape index (κ3) is 7.84. The van der Waals surface area contributed by atoms with E-state index in [1.165, 1.54) is 14.1 Å². The van der Waals surface area contributed by atoms with Crippen LogP contribution in [-0.4, -0.2) is 49.9 Å². The minimum absolute atomic E-state index is 0.175. The molecule has 0 radical (unpaired) electrons. The Kier molecular flexibility index (Phi) is 9.05. The molecule has 0 unspecified atom stereocenters. The van der Waals surface area contributed by atoms with Crippen LogP contribution in [0.2, 0.25) is 0 Å². The predicted octanol–water partition coefficient (Wildman–Crippen LogP) is 3.67. The van der Waals surface area contributed by atoms with Gasteiger partial charge in [0.25, 0.3) is 16.0 Å². The number of benzene rings is 2. The van der Waals surface area contributed by atoms with Crippen LogP contribution in [0.5, 0.6) is 0 Å². The summed E-state index contributed by atoms with van der Waals surface area (Å²) in [6.45, 7) is 0. The van der Waals surface area contributed by atoms with Crippen molar-refractivity contribution in [3.05, 3.63) is 54.5 Å². The van der Waals surface area contributed by atoms with Crippen molar-refractivity contribution in [2.75, 3.05) is 14.1 Å². The Hall–Kier alpha value is -3.29. The molecule has 200 valence electrons.